The Balaban J connectivity index is 2.64. The van der Waals surface area contributed by atoms with Gasteiger partial charge in [-0.25, -0.2) is 0 Å². The van der Waals surface area contributed by atoms with Gasteiger partial charge in [-0.2, -0.15) is 0 Å². The Labute approximate surface area is 68.0 Å². The lowest BCUT2D eigenvalue weighted by atomic mass is 9.84. The Hall–Kier alpha value is -0.790. The van der Waals surface area contributed by atoms with E-state index in [4.69, 9.17) is 11.1 Å². The third-order valence-corrected chi connectivity index (χ3v) is 2.59. The van der Waals surface area contributed by atoms with E-state index in [1.807, 2.05) is 0 Å². The predicted molar refractivity (Wildman–Crippen MR) is 47.6 cm³/mol. The van der Waals surface area contributed by atoms with Crippen molar-refractivity contribution in [2.75, 3.05) is 0 Å². The summed E-state index contributed by atoms with van der Waals surface area (Å²) in [6.07, 6.45) is 3.19. The third kappa shape index (κ3) is 1.82. The maximum absolute atomic E-state index is 7.30. The zero-order chi connectivity index (χ0) is 8.43. The summed E-state index contributed by atoms with van der Waals surface area (Å²) in [5.41, 5.74) is 8.35. The molecular weight excluding hydrogens is 136 g/mol. The van der Waals surface area contributed by atoms with Crippen LogP contribution in [0.3, 0.4) is 0 Å². The average Bonchev–Trinajstić information content (AvgIpc) is 1.94. The lowest BCUT2D eigenvalue weighted by Crippen LogP contribution is -2.24. The average molecular weight is 152 g/mol. The Morgan fingerprint density at radius 1 is 1.45 bits per heavy atom. The van der Waals surface area contributed by atoms with Gasteiger partial charge in [-0.1, -0.05) is 11.1 Å². The smallest absolute Gasteiger partial charge is 0.0940 e. The molecule has 0 fully saturated rings. The van der Waals surface area contributed by atoms with Crippen molar-refractivity contribution >= 4 is 5.84 Å². The van der Waals surface area contributed by atoms with Crippen LogP contribution >= 0.6 is 0 Å². The molecule has 11 heavy (non-hydrogen) atoms. The van der Waals surface area contributed by atoms with Crippen LogP contribution in [0.15, 0.2) is 11.1 Å². The number of hydrogen-bond acceptors (Lipinski definition) is 1. The predicted octanol–water partition coefficient (Wildman–Crippen LogP) is 2.06. The van der Waals surface area contributed by atoms with E-state index in [1.165, 1.54) is 11.1 Å². The molecule has 0 heterocycles. The molecule has 2 nitrogen and oxygen atoms in total. The highest BCUT2D eigenvalue weighted by Crippen LogP contribution is 2.28. The van der Waals surface area contributed by atoms with Crippen LogP contribution in [-0.2, 0) is 0 Å². The first-order valence-corrected chi connectivity index (χ1v) is 4.10. The van der Waals surface area contributed by atoms with Crippen molar-refractivity contribution in [1.29, 1.82) is 5.41 Å². The Kier molecular flexibility index (Phi) is 2.32. The van der Waals surface area contributed by atoms with Gasteiger partial charge in [0.25, 0.3) is 0 Å². The molecule has 1 aliphatic carbocycles. The van der Waals surface area contributed by atoms with E-state index in [-0.39, 0.29) is 0 Å². The molecule has 0 radical (unpaired) electrons. The topological polar surface area (TPSA) is 49.9 Å². The zero-order valence-electron chi connectivity index (χ0n) is 7.28. The van der Waals surface area contributed by atoms with Crippen molar-refractivity contribution < 1.29 is 0 Å². The standard InChI is InChI=1S/C9H16N2/c1-6-3-4-8(9(10)11)5-7(6)2/h8H,3-5H2,1-2H3,(H3,10,11). The van der Waals surface area contributed by atoms with Gasteiger partial charge in [0.05, 0.1) is 5.84 Å². The minimum atomic E-state index is 0.318. The molecule has 0 spiro atoms. The van der Waals surface area contributed by atoms with E-state index in [0.717, 1.165) is 19.3 Å². The molecule has 0 aromatic heterocycles. The minimum Gasteiger partial charge on any atom is -0.387 e. The van der Waals surface area contributed by atoms with Gasteiger partial charge in [0.2, 0.25) is 0 Å². The quantitative estimate of drug-likeness (QED) is 0.337. The highest BCUT2D eigenvalue weighted by Gasteiger charge is 2.18. The second kappa shape index (κ2) is 3.07. The van der Waals surface area contributed by atoms with Crippen molar-refractivity contribution in [3.8, 4) is 0 Å². The summed E-state index contributed by atoms with van der Waals surface area (Å²) >= 11 is 0. The third-order valence-electron chi connectivity index (χ3n) is 2.59. The number of nitrogens with one attached hydrogen (secondary N) is 1. The van der Waals surface area contributed by atoms with Crippen LogP contribution in [0.2, 0.25) is 0 Å². The summed E-state index contributed by atoms with van der Waals surface area (Å²) in [7, 11) is 0. The van der Waals surface area contributed by atoms with Gasteiger partial charge in [0.15, 0.2) is 0 Å². The molecule has 0 aromatic carbocycles. The summed E-state index contributed by atoms with van der Waals surface area (Å²) in [4.78, 5) is 0. The molecule has 0 saturated heterocycles. The summed E-state index contributed by atoms with van der Waals surface area (Å²) < 4.78 is 0. The fourth-order valence-electron chi connectivity index (χ4n) is 1.52. The van der Waals surface area contributed by atoms with Crippen molar-refractivity contribution in [1.82, 2.24) is 0 Å². The lowest BCUT2D eigenvalue weighted by Gasteiger charge is -2.22. The SMILES string of the molecule is CC1=C(C)CC(C(=N)N)CC1. The molecule has 0 amide bonds. The van der Waals surface area contributed by atoms with Crippen molar-refractivity contribution in [3.63, 3.8) is 0 Å². The second-order valence-corrected chi connectivity index (χ2v) is 3.46. The second-order valence-electron chi connectivity index (χ2n) is 3.46. The molecular formula is C9H16N2. The number of rotatable bonds is 1. The molecule has 1 unspecified atom stereocenters. The fourth-order valence-corrected chi connectivity index (χ4v) is 1.52. The fraction of sp³-hybridized carbons (Fsp3) is 0.667. The number of hydrogen-bond donors (Lipinski definition) is 2. The summed E-state index contributed by atoms with van der Waals surface area (Å²) in [6, 6.07) is 0. The van der Waals surface area contributed by atoms with E-state index in [9.17, 15) is 0 Å². The van der Waals surface area contributed by atoms with E-state index in [1.54, 1.807) is 0 Å². The molecule has 2 heteroatoms. The van der Waals surface area contributed by atoms with Gasteiger partial charge in [0, 0.05) is 5.92 Å². The Bertz CT molecular complexity index is 204. The van der Waals surface area contributed by atoms with Gasteiger partial charge in [-0.15, -0.1) is 0 Å². The van der Waals surface area contributed by atoms with Gasteiger partial charge in [-0.05, 0) is 33.1 Å². The first-order chi connectivity index (χ1) is 5.11. The van der Waals surface area contributed by atoms with E-state index in [2.05, 4.69) is 13.8 Å². The number of nitrogens with two attached hydrogens (primary N) is 1. The van der Waals surface area contributed by atoms with Crippen molar-refractivity contribution in [2.24, 2.45) is 11.7 Å². The van der Waals surface area contributed by atoms with Crippen LogP contribution in [0, 0.1) is 11.3 Å². The molecule has 0 aliphatic heterocycles. The van der Waals surface area contributed by atoms with Crippen molar-refractivity contribution in [2.45, 2.75) is 33.1 Å². The number of allylic oxidation sites excluding steroid dienone is 2. The zero-order valence-corrected chi connectivity index (χ0v) is 7.28. The van der Waals surface area contributed by atoms with Gasteiger partial charge in [0.1, 0.15) is 0 Å². The molecule has 3 N–H and O–H groups in total. The maximum atomic E-state index is 7.30. The molecule has 1 aliphatic rings. The first kappa shape index (κ1) is 8.31. The van der Waals surface area contributed by atoms with Crippen LogP contribution in [0.5, 0.6) is 0 Å². The molecule has 0 bridgehead atoms. The first-order valence-electron chi connectivity index (χ1n) is 4.10. The van der Waals surface area contributed by atoms with E-state index in [0.29, 0.717) is 11.8 Å². The summed E-state index contributed by atoms with van der Waals surface area (Å²) in [5, 5.41) is 7.30. The van der Waals surface area contributed by atoms with Crippen LogP contribution in [0.4, 0.5) is 0 Å². The summed E-state index contributed by atoms with van der Waals surface area (Å²) in [5.74, 6) is 0.676. The Morgan fingerprint density at radius 3 is 2.55 bits per heavy atom. The van der Waals surface area contributed by atoms with Gasteiger partial charge < -0.3 is 5.73 Å². The van der Waals surface area contributed by atoms with Crippen molar-refractivity contribution in [3.05, 3.63) is 11.1 Å². The molecule has 0 aromatic rings. The molecule has 62 valence electrons. The maximum Gasteiger partial charge on any atom is 0.0940 e. The Morgan fingerprint density at radius 2 is 2.09 bits per heavy atom. The number of amidine groups is 1. The monoisotopic (exact) mass is 152 g/mol. The largest absolute Gasteiger partial charge is 0.387 e. The highest BCUT2D eigenvalue weighted by molar-refractivity contribution is 5.80. The van der Waals surface area contributed by atoms with Gasteiger partial charge in [-0.3, -0.25) is 5.41 Å². The minimum absolute atomic E-state index is 0.318. The van der Waals surface area contributed by atoms with Crippen LogP contribution < -0.4 is 5.73 Å². The summed E-state index contributed by atoms with van der Waals surface area (Å²) in [6.45, 7) is 4.32. The van der Waals surface area contributed by atoms with Crippen LogP contribution in [0.25, 0.3) is 0 Å². The lowest BCUT2D eigenvalue weighted by molar-refractivity contribution is 0.569. The van der Waals surface area contributed by atoms with E-state index < -0.39 is 0 Å². The van der Waals surface area contributed by atoms with Gasteiger partial charge >= 0.3 is 0 Å². The molecule has 1 atom stereocenters. The van der Waals surface area contributed by atoms with Crippen LogP contribution in [0.1, 0.15) is 33.1 Å². The van der Waals surface area contributed by atoms with E-state index >= 15 is 0 Å². The molecule has 1 rings (SSSR count). The highest BCUT2D eigenvalue weighted by atomic mass is 14.7. The normalized spacial score (nSPS) is 25.5. The van der Waals surface area contributed by atoms with Crippen LogP contribution in [-0.4, -0.2) is 5.84 Å². The molecule has 0 saturated carbocycles.